The van der Waals surface area contributed by atoms with Gasteiger partial charge in [-0.25, -0.2) is 4.79 Å². The largest absolute Gasteiger partial charge is 0.370 e. The van der Waals surface area contributed by atoms with Crippen molar-refractivity contribution in [3.05, 3.63) is 65.9 Å². The number of hydrogen-bond donors (Lipinski definition) is 3. The average molecular weight is 403 g/mol. The zero-order valence-corrected chi connectivity index (χ0v) is 17.3. The summed E-state index contributed by atoms with van der Waals surface area (Å²) in [6.45, 7) is 6.20. The van der Waals surface area contributed by atoms with Gasteiger partial charge in [0.05, 0.1) is 11.9 Å². The van der Waals surface area contributed by atoms with E-state index in [0.29, 0.717) is 11.5 Å². The summed E-state index contributed by atoms with van der Waals surface area (Å²) in [5.74, 6) is 0.701. The van der Waals surface area contributed by atoms with E-state index in [-0.39, 0.29) is 6.03 Å². The summed E-state index contributed by atoms with van der Waals surface area (Å²) < 4.78 is 0. The van der Waals surface area contributed by atoms with Crippen molar-refractivity contribution in [1.29, 1.82) is 0 Å². The number of hydrogen-bond acceptors (Lipinski definition) is 5. The fraction of sp³-hybridized carbons (Fsp3) is 0.261. The third-order valence-electron chi connectivity index (χ3n) is 5.29. The molecule has 1 aromatic heterocycles. The van der Waals surface area contributed by atoms with Crippen LogP contribution in [0.5, 0.6) is 0 Å². The molecule has 3 N–H and O–H groups in total. The second kappa shape index (κ2) is 8.82. The lowest BCUT2D eigenvalue weighted by atomic mass is 10.1. The maximum Gasteiger partial charge on any atom is 0.323 e. The molecule has 0 unspecified atom stereocenters. The van der Waals surface area contributed by atoms with Gasteiger partial charge in [-0.1, -0.05) is 6.07 Å². The molecule has 1 aliphatic heterocycles. The van der Waals surface area contributed by atoms with Crippen LogP contribution in [0.4, 0.5) is 33.4 Å². The maximum atomic E-state index is 12.3. The number of rotatable bonds is 5. The van der Waals surface area contributed by atoms with Gasteiger partial charge < -0.3 is 20.9 Å². The average Bonchev–Trinajstić information content (AvgIpc) is 3.27. The van der Waals surface area contributed by atoms with Crippen LogP contribution in [-0.2, 0) is 0 Å². The Kier molecular flexibility index (Phi) is 5.79. The van der Waals surface area contributed by atoms with E-state index in [4.69, 9.17) is 0 Å². The highest BCUT2D eigenvalue weighted by molar-refractivity contribution is 5.99. The number of carbonyl (C=O) groups excluding carboxylic acids is 1. The van der Waals surface area contributed by atoms with Crippen LogP contribution in [0.25, 0.3) is 0 Å². The summed E-state index contributed by atoms with van der Waals surface area (Å²) >= 11 is 0. The molecule has 0 atom stereocenters. The van der Waals surface area contributed by atoms with E-state index in [1.807, 2.05) is 62.4 Å². The van der Waals surface area contributed by atoms with Gasteiger partial charge in [0.1, 0.15) is 0 Å². The summed E-state index contributed by atoms with van der Waals surface area (Å²) in [4.78, 5) is 14.6. The SMILES string of the molecule is Cc1ccc(NC(=O)Nc2ccc(Nc3cc(N4CCCC4)cnn3)cc2)cc1C. The first-order chi connectivity index (χ1) is 14.6. The van der Waals surface area contributed by atoms with Crippen LogP contribution in [0.15, 0.2) is 54.7 Å². The monoisotopic (exact) mass is 402 g/mol. The number of amides is 2. The lowest BCUT2D eigenvalue weighted by molar-refractivity contribution is 0.262. The number of nitrogens with one attached hydrogen (secondary N) is 3. The molecule has 30 heavy (non-hydrogen) atoms. The second-order valence-corrected chi connectivity index (χ2v) is 7.57. The number of carbonyl (C=O) groups is 1. The van der Waals surface area contributed by atoms with Crippen molar-refractivity contribution in [1.82, 2.24) is 10.2 Å². The lowest BCUT2D eigenvalue weighted by Gasteiger charge is -2.17. The topological polar surface area (TPSA) is 82.2 Å². The third-order valence-corrected chi connectivity index (χ3v) is 5.29. The molecule has 7 nitrogen and oxygen atoms in total. The van der Waals surface area contributed by atoms with E-state index in [0.717, 1.165) is 35.7 Å². The van der Waals surface area contributed by atoms with E-state index in [1.54, 1.807) is 6.20 Å². The van der Waals surface area contributed by atoms with Crippen LogP contribution in [0.3, 0.4) is 0 Å². The van der Waals surface area contributed by atoms with Crippen molar-refractivity contribution in [3.8, 4) is 0 Å². The highest BCUT2D eigenvalue weighted by atomic mass is 16.2. The van der Waals surface area contributed by atoms with E-state index in [9.17, 15) is 4.79 Å². The summed E-state index contributed by atoms with van der Waals surface area (Å²) in [5.41, 5.74) is 5.78. The van der Waals surface area contributed by atoms with Crippen LogP contribution in [0, 0.1) is 13.8 Å². The van der Waals surface area contributed by atoms with Gasteiger partial charge in [-0.05, 0) is 74.2 Å². The molecule has 2 amide bonds. The van der Waals surface area contributed by atoms with Crippen molar-refractivity contribution < 1.29 is 4.79 Å². The molecular weight excluding hydrogens is 376 g/mol. The van der Waals surface area contributed by atoms with E-state index >= 15 is 0 Å². The molecule has 1 fully saturated rings. The molecule has 1 aliphatic rings. The molecule has 2 heterocycles. The van der Waals surface area contributed by atoms with Crippen LogP contribution in [0.1, 0.15) is 24.0 Å². The zero-order chi connectivity index (χ0) is 20.9. The van der Waals surface area contributed by atoms with Gasteiger partial charge >= 0.3 is 6.03 Å². The van der Waals surface area contributed by atoms with Crippen molar-refractivity contribution >= 4 is 34.6 Å². The Labute approximate surface area is 176 Å². The van der Waals surface area contributed by atoms with Gasteiger partial charge in [0.2, 0.25) is 0 Å². The van der Waals surface area contributed by atoms with Gasteiger partial charge in [0, 0.05) is 36.2 Å². The first-order valence-corrected chi connectivity index (χ1v) is 10.2. The molecule has 4 rings (SSSR count). The zero-order valence-electron chi connectivity index (χ0n) is 17.3. The fourth-order valence-electron chi connectivity index (χ4n) is 3.46. The van der Waals surface area contributed by atoms with Crippen molar-refractivity contribution in [2.75, 3.05) is 33.9 Å². The molecule has 0 saturated carbocycles. The van der Waals surface area contributed by atoms with E-state index in [2.05, 4.69) is 31.0 Å². The first kappa shape index (κ1) is 19.7. The Morgan fingerprint density at radius 1 is 0.867 bits per heavy atom. The molecule has 3 aromatic rings. The number of urea groups is 1. The molecular formula is C23H26N6O. The number of anilines is 5. The van der Waals surface area contributed by atoms with Crippen LogP contribution in [0.2, 0.25) is 0 Å². The van der Waals surface area contributed by atoms with Crippen LogP contribution < -0.4 is 20.9 Å². The second-order valence-electron chi connectivity index (χ2n) is 7.57. The van der Waals surface area contributed by atoms with E-state index < -0.39 is 0 Å². The Balaban J connectivity index is 1.35. The lowest BCUT2D eigenvalue weighted by Crippen LogP contribution is -2.19. The molecule has 0 bridgehead atoms. The predicted molar refractivity (Wildman–Crippen MR) is 122 cm³/mol. The van der Waals surface area contributed by atoms with Gasteiger partial charge in [-0.2, -0.15) is 5.10 Å². The minimum atomic E-state index is -0.275. The molecule has 0 aliphatic carbocycles. The Bertz CT molecular complexity index is 1030. The van der Waals surface area contributed by atoms with Crippen molar-refractivity contribution in [2.45, 2.75) is 26.7 Å². The Morgan fingerprint density at radius 3 is 2.27 bits per heavy atom. The molecule has 1 saturated heterocycles. The number of benzene rings is 2. The molecule has 7 heteroatoms. The highest BCUT2D eigenvalue weighted by Crippen LogP contribution is 2.23. The minimum Gasteiger partial charge on any atom is -0.370 e. The maximum absolute atomic E-state index is 12.3. The van der Waals surface area contributed by atoms with Crippen molar-refractivity contribution in [3.63, 3.8) is 0 Å². The molecule has 0 spiro atoms. The number of aromatic nitrogens is 2. The minimum absolute atomic E-state index is 0.275. The summed E-state index contributed by atoms with van der Waals surface area (Å²) in [5, 5.41) is 17.3. The smallest absolute Gasteiger partial charge is 0.323 e. The van der Waals surface area contributed by atoms with Crippen LogP contribution >= 0.6 is 0 Å². The normalized spacial score (nSPS) is 13.2. The van der Waals surface area contributed by atoms with E-state index in [1.165, 1.54) is 18.4 Å². The Hall–Kier alpha value is -3.61. The van der Waals surface area contributed by atoms with Gasteiger partial charge in [-0.3, -0.25) is 0 Å². The summed E-state index contributed by atoms with van der Waals surface area (Å²) in [7, 11) is 0. The first-order valence-electron chi connectivity index (χ1n) is 10.2. The molecule has 2 aromatic carbocycles. The summed E-state index contributed by atoms with van der Waals surface area (Å²) in [6.07, 6.45) is 4.24. The number of nitrogens with zero attached hydrogens (tertiary/aromatic N) is 3. The highest BCUT2D eigenvalue weighted by Gasteiger charge is 2.13. The summed E-state index contributed by atoms with van der Waals surface area (Å²) in [6, 6.07) is 15.1. The van der Waals surface area contributed by atoms with Crippen LogP contribution in [-0.4, -0.2) is 29.3 Å². The molecule has 0 radical (unpaired) electrons. The standard InChI is InChI=1S/C23H26N6O/c1-16-5-6-20(13-17(16)2)27-23(30)26-19-9-7-18(8-10-19)25-22-14-21(15-24-28-22)29-11-3-4-12-29/h5-10,13-15H,3-4,11-12H2,1-2H3,(H,25,28)(H2,26,27,30). The van der Waals surface area contributed by atoms with Gasteiger partial charge in [0.15, 0.2) is 5.82 Å². The third kappa shape index (κ3) is 4.86. The van der Waals surface area contributed by atoms with Gasteiger partial charge in [-0.15, -0.1) is 5.10 Å². The van der Waals surface area contributed by atoms with Crippen molar-refractivity contribution in [2.24, 2.45) is 0 Å². The predicted octanol–water partition coefficient (Wildman–Crippen LogP) is 5.08. The number of aryl methyl sites for hydroxylation is 2. The quantitative estimate of drug-likeness (QED) is 0.554. The van der Waals surface area contributed by atoms with Gasteiger partial charge in [0.25, 0.3) is 0 Å². The fourth-order valence-corrected chi connectivity index (χ4v) is 3.46. The molecule has 154 valence electrons. The Morgan fingerprint density at radius 2 is 1.53 bits per heavy atom.